The lowest BCUT2D eigenvalue weighted by Gasteiger charge is -2.52. The van der Waals surface area contributed by atoms with Crippen LogP contribution in [0.15, 0.2) is 30.5 Å². The SMILES string of the molecule is CC12CCC(C)(CC1)c1cc(-c3cc4c(cn3)C3CC5CC(C3)CC4C5)ccc12. The average Bonchev–Trinajstić information content (AvgIpc) is 2.90. The Morgan fingerprint density at radius 2 is 1.34 bits per heavy atom. The molecule has 3 fully saturated rings. The Balaban J connectivity index is 1.34. The van der Waals surface area contributed by atoms with E-state index >= 15 is 0 Å². The van der Waals surface area contributed by atoms with Gasteiger partial charge in [-0.25, -0.2) is 0 Å². The Bertz CT molecular complexity index is 995. The molecule has 1 aromatic heterocycles. The van der Waals surface area contributed by atoms with Crippen molar-refractivity contribution in [3.8, 4) is 11.3 Å². The summed E-state index contributed by atoms with van der Waals surface area (Å²) in [5.41, 5.74) is 9.91. The first kappa shape index (κ1) is 17.1. The van der Waals surface area contributed by atoms with Gasteiger partial charge in [0.2, 0.25) is 0 Å². The van der Waals surface area contributed by atoms with Crippen molar-refractivity contribution in [2.45, 2.75) is 94.3 Å². The van der Waals surface area contributed by atoms with Gasteiger partial charge in [-0.05, 0) is 127 Å². The van der Waals surface area contributed by atoms with Gasteiger partial charge < -0.3 is 0 Å². The maximum Gasteiger partial charge on any atom is 0.0705 e. The molecule has 1 nitrogen and oxygen atoms in total. The van der Waals surface area contributed by atoms with Crippen LogP contribution in [0.5, 0.6) is 0 Å². The molecule has 0 spiro atoms. The Labute approximate surface area is 175 Å². The predicted molar refractivity (Wildman–Crippen MR) is 118 cm³/mol. The molecule has 0 amide bonds. The zero-order valence-corrected chi connectivity index (χ0v) is 18.0. The second kappa shape index (κ2) is 5.54. The summed E-state index contributed by atoms with van der Waals surface area (Å²) < 4.78 is 0. The first-order valence-corrected chi connectivity index (χ1v) is 12.2. The fourth-order valence-corrected chi connectivity index (χ4v) is 8.31. The molecule has 9 rings (SSSR count). The molecular formula is C28H33N. The van der Waals surface area contributed by atoms with Crippen LogP contribution in [0.25, 0.3) is 11.3 Å². The first-order valence-electron chi connectivity index (χ1n) is 12.2. The summed E-state index contributed by atoms with van der Waals surface area (Å²) in [6.45, 7) is 5.00. The van der Waals surface area contributed by atoms with Gasteiger partial charge in [0, 0.05) is 11.8 Å². The van der Waals surface area contributed by atoms with E-state index in [-0.39, 0.29) is 0 Å². The maximum atomic E-state index is 5.06. The molecule has 3 saturated carbocycles. The third-order valence-corrected chi connectivity index (χ3v) is 10.1. The van der Waals surface area contributed by atoms with E-state index < -0.39 is 0 Å². The van der Waals surface area contributed by atoms with E-state index in [0.29, 0.717) is 10.8 Å². The fraction of sp³-hybridized carbons (Fsp3) is 0.607. The average molecular weight is 384 g/mol. The molecule has 2 atom stereocenters. The summed E-state index contributed by atoms with van der Waals surface area (Å²) in [7, 11) is 0. The first-order chi connectivity index (χ1) is 14.0. The summed E-state index contributed by atoms with van der Waals surface area (Å²) in [5, 5.41) is 0. The molecule has 0 N–H and O–H groups in total. The van der Waals surface area contributed by atoms with Gasteiger partial charge in [-0.3, -0.25) is 4.98 Å². The van der Waals surface area contributed by atoms with Gasteiger partial charge in [0.05, 0.1) is 5.69 Å². The molecule has 7 aliphatic rings. The second-order valence-corrected chi connectivity index (χ2v) is 11.9. The molecule has 0 radical (unpaired) electrons. The molecule has 7 aliphatic carbocycles. The van der Waals surface area contributed by atoms with Crippen LogP contribution in [-0.2, 0) is 10.8 Å². The Hall–Kier alpha value is -1.63. The second-order valence-electron chi connectivity index (χ2n) is 11.9. The Morgan fingerprint density at radius 3 is 2.03 bits per heavy atom. The van der Waals surface area contributed by atoms with E-state index in [1.165, 1.54) is 69.0 Å². The molecule has 0 aliphatic heterocycles. The number of fused-ring (bicyclic) bond motifs is 2. The van der Waals surface area contributed by atoms with Gasteiger partial charge >= 0.3 is 0 Å². The van der Waals surface area contributed by atoms with Gasteiger partial charge in [0.15, 0.2) is 0 Å². The minimum Gasteiger partial charge on any atom is -0.256 e. The number of hydrogen-bond acceptors (Lipinski definition) is 1. The molecule has 6 bridgehead atoms. The summed E-state index contributed by atoms with van der Waals surface area (Å²) in [6.07, 6.45) is 14.9. The molecule has 2 aromatic rings. The number of benzene rings is 1. The maximum absolute atomic E-state index is 5.06. The molecule has 29 heavy (non-hydrogen) atoms. The molecule has 0 saturated heterocycles. The van der Waals surface area contributed by atoms with Crippen molar-refractivity contribution >= 4 is 0 Å². The molecule has 1 aromatic carbocycles. The lowest BCUT2D eigenvalue weighted by Crippen LogP contribution is -2.44. The number of aromatic nitrogens is 1. The third kappa shape index (κ3) is 2.31. The minimum atomic E-state index is 0.382. The highest BCUT2D eigenvalue weighted by molar-refractivity contribution is 5.65. The topological polar surface area (TPSA) is 12.9 Å². The molecule has 2 unspecified atom stereocenters. The quantitative estimate of drug-likeness (QED) is 0.505. The monoisotopic (exact) mass is 383 g/mol. The smallest absolute Gasteiger partial charge is 0.0705 e. The minimum absolute atomic E-state index is 0.382. The van der Waals surface area contributed by atoms with Crippen LogP contribution in [0, 0.1) is 11.8 Å². The zero-order valence-electron chi connectivity index (χ0n) is 18.0. The van der Waals surface area contributed by atoms with Crippen LogP contribution >= 0.6 is 0 Å². The van der Waals surface area contributed by atoms with E-state index in [9.17, 15) is 0 Å². The molecule has 1 heterocycles. The van der Waals surface area contributed by atoms with E-state index in [1.54, 1.807) is 22.3 Å². The largest absolute Gasteiger partial charge is 0.256 e. The highest BCUT2D eigenvalue weighted by atomic mass is 14.7. The number of rotatable bonds is 1. The van der Waals surface area contributed by atoms with Crippen molar-refractivity contribution in [1.29, 1.82) is 0 Å². The van der Waals surface area contributed by atoms with Gasteiger partial charge in [-0.2, -0.15) is 0 Å². The van der Waals surface area contributed by atoms with Crippen LogP contribution < -0.4 is 0 Å². The van der Waals surface area contributed by atoms with Crippen LogP contribution in [0.4, 0.5) is 0 Å². The molecule has 150 valence electrons. The number of pyridine rings is 1. The van der Waals surface area contributed by atoms with E-state index in [0.717, 1.165) is 23.7 Å². The van der Waals surface area contributed by atoms with Crippen LogP contribution in [0.3, 0.4) is 0 Å². The van der Waals surface area contributed by atoms with Crippen molar-refractivity contribution in [2.24, 2.45) is 11.8 Å². The van der Waals surface area contributed by atoms with Crippen molar-refractivity contribution in [3.63, 3.8) is 0 Å². The lowest BCUT2D eigenvalue weighted by atomic mass is 9.52. The van der Waals surface area contributed by atoms with E-state index in [4.69, 9.17) is 4.98 Å². The summed E-state index contributed by atoms with van der Waals surface area (Å²) in [4.78, 5) is 5.06. The van der Waals surface area contributed by atoms with E-state index in [2.05, 4.69) is 44.3 Å². The van der Waals surface area contributed by atoms with Crippen molar-refractivity contribution in [2.75, 3.05) is 0 Å². The van der Waals surface area contributed by atoms with Crippen molar-refractivity contribution in [1.82, 2.24) is 4.98 Å². The van der Waals surface area contributed by atoms with Crippen molar-refractivity contribution in [3.05, 3.63) is 52.7 Å². The number of nitrogens with zero attached hydrogens (tertiary/aromatic N) is 1. The summed E-state index contributed by atoms with van der Waals surface area (Å²) in [5.74, 6) is 3.55. The normalized spacial score (nSPS) is 41.2. The van der Waals surface area contributed by atoms with E-state index in [1.807, 2.05) is 0 Å². The molecule has 1 heteroatoms. The fourth-order valence-electron chi connectivity index (χ4n) is 8.31. The van der Waals surface area contributed by atoms with Gasteiger partial charge in [-0.15, -0.1) is 0 Å². The standard InChI is InChI=1S/C28H33N/c1-27-5-7-28(2,8-6-27)25-14-19(3-4-24(25)27)26-15-22-20-10-17-9-18(11-20)13-21(12-17)23(22)16-29-26/h3-4,14-18,20-21H,5-13H2,1-2H3. The zero-order chi connectivity index (χ0) is 19.4. The third-order valence-electron chi connectivity index (χ3n) is 10.1. The van der Waals surface area contributed by atoms with Crippen LogP contribution in [0.2, 0.25) is 0 Å². The van der Waals surface area contributed by atoms with Gasteiger partial charge in [-0.1, -0.05) is 26.0 Å². The van der Waals surface area contributed by atoms with Gasteiger partial charge in [0.25, 0.3) is 0 Å². The van der Waals surface area contributed by atoms with Crippen LogP contribution in [0.1, 0.15) is 106 Å². The predicted octanol–water partition coefficient (Wildman–Crippen LogP) is 7.24. The Kier molecular flexibility index (Phi) is 3.26. The van der Waals surface area contributed by atoms with Gasteiger partial charge in [0.1, 0.15) is 0 Å². The van der Waals surface area contributed by atoms with Crippen molar-refractivity contribution < 1.29 is 0 Å². The Morgan fingerprint density at radius 1 is 0.724 bits per heavy atom. The highest BCUT2D eigenvalue weighted by Gasteiger charge is 2.47. The summed E-state index contributed by atoms with van der Waals surface area (Å²) in [6, 6.07) is 9.88. The van der Waals surface area contributed by atoms with Crippen LogP contribution in [-0.4, -0.2) is 4.98 Å². The molecular weight excluding hydrogens is 350 g/mol. The lowest BCUT2D eigenvalue weighted by molar-refractivity contribution is 0.166. The summed E-state index contributed by atoms with van der Waals surface area (Å²) >= 11 is 0. The number of hydrogen-bond donors (Lipinski definition) is 0. The highest BCUT2D eigenvalue weighted by Crippen LogP contribution is 2.58.